The first-order valence-electron chi connectivity index (χ1n) is 10.4. The van der Waals surface area contributed by atoms with Crippen molar-refractivity contribution >= 4 is 27.5 Å². The summed E-state index contributed by atoms with van der Waals surface area (Å²) in [6.45, 7) is 0.538. The van der Waals surface area contributed by atoms with Crippen LogP contribution in [0.15, 0.2) is 109 Å². The van der Waals surface area contributed by atoms with Gasteiger partial charge in [0.1, 0.15) is 12.4 Å². The van der Waals surface area contributed by atoms with Gasteiger partial charge in [-0.2, -0.15) is 0 Å². The first kappa shape index (κ1) is 17.7. The maximum atomic E-state index is 6.26. The third-order valence-corrected chi connectivity index (χ3v) is 5.69. The van der Waals surface area contributed by atoms with Crippen molar-refractivity contribution in [3.8, 4) is 17.0 Å². The molecule has 0 aliphatic rings. The molecule has 31 heavy (non-hydrogen) atoms. The summed E-state index contributed by atoms with van der Waals surface area (Å²) in [5, 5.41) is 1.09. The van der Waals surface area contributed by atoms with Gasteiger partial charge in [0.05, 0.1) is 27.8 Å². The molecule has 0 N–H and O–H groups in total. The van der Waals surface area contributed by atoms with Crippen molar-refractivity contribution in [2.24, 2.45) is 0 Å². The van der Waals surface area contributed by atoms with Gasteiger partial charge in [-0.05, 0) is 35.9 Å². The Morgan fingerprint density at radius 1 is 0.645 bits per heavy atom. The molecule has 0 unspecified atom stereocenters. The fraction of sp³-hybridized carbons (Fsp3) is 0.0357. The van der Waals surface area contributed by atoms with Crippen LogP contribution in [0.2, 0.25) is 0 Å². The van der Waals surface area contributed by atoms with Crippen molar-refractivity contribution in [1.29, 1.82) is 0 Å². The van der Waals surface area contributed by atoms with Gasteiger partial charge in [0.2, 0.25) is 0 Å². The second-order valence-electron chi connectivity index (χ2n) is 7.64. The zero-order valence-electron chi connectivity index (χ0n) is 16.9. The number of aromatic nitrogens is 2. The Balaban J connectivity index is 1.60. The van der Waals surface area contributed by atoms with Crippen LogP contribution in [0.25, 0.3) is 38.7 Å². The SMILES string of the molecule is c1ccc(COc2cccc3c2cc2c(-c4ccccc4)nc4ccccc4n23)cc1. The second-order valence-corrected chi connectivity index (χ2v) is 7.64. The molecule has 0 aliphatic heterocycles. The van der Waals surface area contributed by atoms with Crippen LogP contribution in [-0.2, 0) is 6.61 Å². The zero-order chi connectivity index (χ0) is 20.6. The number of ether oxygens (including phenoxy) is 1. The molecule has 0 bridgehead atoms. The van der Waals surface area contributed by atoms with Crippen LogP contribution in [0.4, 0.5) is 0 Å². The topological polar surface area (TPSA) is 26.5 Å². The Morgan fingerprint density at radius 2 is 1.35 bits per heavy atom. The predicted octanol–water partition coefficient (Wildman–Crippen LogP) is 6.89. The maximum absolute atomic E-state index is 6.26. The monoisotopic (exact) mass is 400 g/mol. The van der Waals surface area contributed by atoms with Crippen LogP contribution in [0, 0.1) is 0 Å². The summed E-state index contributed by atoms with van der Waals surface area (Å²) < 4.78 is 8.56. The van der Waals surface area contributed by atoms with Crippen LogP contribution < -0.4 is 4.74 Å². The number of para-hydroxylation sites is 2. The standard InChI is InChI=1S/C28H20N2O/c1-3-10-20(11-4-1)19-31-27-17-9-16-24-22(27)18-26-28(21-12-5-2-6-13-21)29-23-14-7-8-15-25(23)30(24)26/h1-18H,19H2. The Bertz CT molecular complexity index is 1520. The Labute approximate surface area is 180 Å². The molecule has 0 amide bonds. The smallest absolute Gasteiger partial charge is 0.129 e. The van der Waals surface area contributed by atoms with Gasteiger partial charge in [0, 0.05) is 10.9 Å². The van der Waals surface area contributed by atoms with Gasteiger partial charge in [0.25, 0.3) is 0 Å². The van der Waals surface area contributed by atoms with Crippen molar-refractivity contribution < 1.29 is 4.74 Å². The summed E-state index contributed by atoms with van der Waals surface area (Å²) in [6.07, 6.45) is 0. The van der Waals surface area contributed by atoms with Gasteiger partial charge in [-0.1, -0.05) is 78.9 Å². The molecular weight excluding hydrogens is 380 g/mol. The molecule has 2 heterocycles. The molecule has 6 rings (SSSR count). The van der Waals surface area contributed by atoms with E-state index in [-0.39, 0.29) is 0 Å². The lowest BCUT2D eigenvalue weighted by molar-refractivity contribution is 0.310. The molecule has 0 aliphatic carbocycles. The van der Waals surface area contributed by atoms with Gasteiger partial charge < -0.3 is 9.14 Å². The highest BCUT2D eigenvalue weighted by Crippen LogP contribution is 2.35. The average molecular weight is 400 g/mol. The second kappa shape index (κ2) is 7.29. The molecule has 3 nitrogen and oxygen atoms in total. The zero-order valence-corrected chi connectivity index (χ0v) is 16.9. The van der Waals surface area contributed by atoms with E-state index < -0.39 is 0 Å². The van der Waals surface area contributed by atoms with Gasteiger partial charge >= 0.3 is 0 Å². The lowest BCUT2D eigenvalue weighted by atomic mass is 10.1. The highest BCUT2D eigenvalue weighted by Gasteiger charge is 2.16. The minimum Gasteiger partial charge on any atom is -0.488 e. The van der Waals surface area contributed by atoms with E-state index in [0.29, 0.717) is 6.61 Å². The third-order valence-electron chi connectivity index (χ3n) is 5.69. The molecule has 6 aromatic rings. The van der Waals surface area contributed by atoms with Crippen LogP contribution in [0.1, 0.15) is 5.56 Å². The molecule has 0 spiro atoms. The van der Waals surface area contributed by atoms with E-state index in [0.717, 1.165) is 50.0 Å². The Kier molecular flexibility index (Phi) is 4.17. The minimum absolute atomic E-state index is 0.538. The molecular formula is C28H20N2O. The van der Waals surface area contributed by atoms with E-state index in [1.165, 1.54) is 0 Å². The largest absolute Gasteiger partial charge is 0.488 e. The molecule has 4 aromatic carbocycles. The maximum Gasteiger partial charge on any atom is 0.129 e. The molecule has 0 saturated carbocycles. The number of benzene rings is 4. The highest BCUT2D eigenvalue weighted by atomic mass is 16.5. The van der Waals surface area contributed by atoms with Crippen molar-refractivity contribution in [3.05, 3.63) is 115 Å². The molecule has 148 valence electrons. The number of hydrogen-bond acceptors (Lipinski definition) is 2. The lowest BCUT2D eigenvalue weighted by Gasteiger charge is -2.10. The molecule has 0 atom stereocenters. The van der Waals surface area contributed by atoms with Gasteiger partial charge in [-0.3, -0.25) is 0 Å². The lowest BCUT2D eigenvalue weighted by Crippen LogP contribution is -1.96. The quantitative estimate of drug-likeness (QED) is 0.322. The van der Waals surface area contributed by atoms with Crippen LogP contribution in [0.3, 0.4) is 0 Å². The fourth-order valence-electron chi connectivity index (χ4n) is 4.23. The van der Waals surface area contributed by atoms with Gasteiger partial charge in [-0.15, -0.1) is 0 Å². The van der Waals surface area contributed by atoms with E-state index in [1.807, 2.05) is 36.4 Å². The van der Waals surface area contributed by atoms with Crippen molar-refractivity contribution in [1.82, 2.24) is 9.38 Å². The average Bonchev–Trinajstić information content (AvgIpc) is 3.24. The third kappa shape index (κ3) is 3.03. The molecule has 0 radical (unpaired) electrons. The summed E-state index contributed by atoms with van der Waals surface area (Å²) in [6, 6.07) is 37.4. The summed E-state index contributed by atoms with van der Waals surface area (Å²) in [5.41, 5.74) is 7.50. The van der Waals surface area contributed by atoms with E-state index >= 15 is 0 Å². The number of hydrogen-bond donors (Lipinski definition) is 0. The molecule has 2 aromatic heterocycles. The number of fused-ring (bicyclic) bond motifs is 5. The summed E-state index contributed by atoms with van der Waals surface area (Å²) in [7, 11) is 0. The Hall–Kier alpha value is -4.11. The predicted molar refractivity (Wildman–Crippen MR) is 126 cm³/mol. The summed E-state index contributed by atoms with van der Waals surface area (Å²) in [4.78, 5) is 5.03. The van der Waals surface area contributed by atoms with Crippen molar-refractivity contribution in [3.63, 3.8) is 0 Å². The summed E-state index contributed by atoms with van der Waals surface area (Å²) >= 11 is 0. The van der Waals surface area contributed by atoms with E-state index in [4.69, 9.17) is 9.72 Å². The summed E-state index contributed by atoms with van der Waals surface area (Å²) in [5.74, 6) is 0.883. The van der Waals surface area contributed by atoms with Crippen LogP contribution >= 0.6 is 0 Å². The van der Waals surface area contributed by atoms with Crippen LogP contribution in [0.5, 0.6) is 5.75 Å². The van der Waals surface area contributed by atoms with E-state index in [2.05, 4.69) is 77.2 Å². The van der Waals surface area contributed by atoms with Crippen molar-refractivity contribution in [2.75, 3.05) is 0 Å². The number of rotatable bonds is 4. The fourth-order valence-corrected chi connectivity index (χ4v) is 4.23. The molecule has 0 saturated heterocycles. The minimum atomic E-state index is 0.538. The van der Waals surface area contributed by atoms with Gasteiger partial charge in [-0.25, -0.2) is 4.98 Å². The van der Waals surface area contributed by atoms with E-state index in [1.54, 1.807) is 0 Å². The highest BCUT2D eigenvalue weighted by molar-refractivity contribution is 6.00. The van der Waals surface area contributed by atoms with Crippen molar-refractivity contribution in [2.45, 2.75) is 6.61 Å². The Morgan fingerprint density at radius 3 is 2.19 bits per heavy atom. The van der Waals surface area contributed by atoms with Crippen LogP contribution in [-0.4, -0.2) is 9.38 Å². The van der Waals surface area contributed by atoms with E-state index in [9.17, 15) is 0 Å². The van der Waals surface area contributed by atoms with Gasteiger partial charge in [0.15, 0.2) is 0 Å². The number of nitrogens with zero attached hydrogens (tertiary/aromatic N) is 2. The molecule has 0 fully saturated rings. The first-order chi connectivity index (χ1) is 15.4. The molecule has 3 heteroatoms. The normalized spacial score (nSPS) is 11.4. The first-order valence-corrected chi connectivity index (χ1v) is 10.4.